The van der Waals surface area contributed by atoms with Gasteiger partial charge in [-0.3, -0.25) is 0 Å². The molecule has 1 aliphatic carbocycles. The Labute approximate surface area is 178 Å². The number of hydrogen-bond donors (Lipinski definition) is 2. The summed E-state index contributed by atoms with van der Waals surface area (Å²) in [5.74, 6) is 1.87. The molecule has 2 heterocycles. The van der Waals surface area contributed by atoms with Gasteiger partial charge >= 0.3 is 0 Å². The van der Waals surface area contributed by atoms with Gasteiger partial charge in [-0.2, -0.15) is 0 Å². The Balaban J connectivity index is 0.00000243. The third-order valence-corrected chi connectivity index (χ3v) is 6.52. The number of aromatic nitrogens is 2. The van der Waals surface area contributed by atoms with Crippen molar-refractivity contribution in [1.82, 2.24) is 20.8 Å². The molecule has 2 aliphatic rings. The van der Waals surface area contributed by atoms with Crippen LogP contribution < -0.4 is 10.6 Å². The fraction of sp³-hybridized carbons (Fsp3) is 0.833. The van der Waals surface area contributed by atoms with Crippen LogP contribution in [0.15, 0.2) is 4.99 Å². The van der Waals surface area contributed by atoms with Crippen LogP contribution in [0.1, 0.15) is 63.4 Å². The minimum atomic E-state index is 0. The van der Waals surface area contributed by atoms with E-state index in [0.717, 1.165) is 35.5 Å². The van der Waals surface area contributed by atoms with Crippen LogP contribution in [0.3, 0.4) is 0 Å². The molecule has 3 rings (SSSR count). The van der Waals surface area contributed by atoms with Crippen molar-refractivity contribution in [3.05, 3.63) is 10.0 Å². The molecule has 148 valence electrons. The molecule has 26 heavy (non-hydrogen) atoms. The average molecular weight is 493 g/mol. The van der Waals surface area contributed by atoms with E-state index in [-0.39, 0.29) is 29.4 Å². The van der Waals surface area contributed by atoms with Crippen LogP contribution in [0.2, 0.25) is 0 Å². The lowest BCUT2D eigenvalue weighted by molar-refractivity contribution is -0.188. The molecule has 3 unspecified atom stereocenters. The lowest BCUT2D eigenvalue weighted by Crippen LogP contribution is -2.71. The molecule has 2 N–H and O–H groups in total. The highest BCUT2D eigenvalue weighted by Crippen LogP contribution is 2.51. The van der Waals surface area contributed by atoms with E-state index < -0.39 is 0 Å². The molecule has 0 amide bonds. The molecule has 0 aromatic carbocycles. The zero-order valence-electron chi connectivity index (χ0n) is 16.4. The monoisotopic (exact) mass is 493 g/mol. The van der Waals surface area contributed by atoms with E-state index in [1.807, 2.05) is 0 Å². The molecule has 1 saturated carbocycles. The Kier molecular flexibility index (Phi) is 7.67. The fourth-order valence-electron chi connectivity index (χ4n) is 3.99. The summed E-state index contributed by atoms with van der Waals surface area (Å²) in [6, 6.07) is 0.399. The van der Waals surface area contributed by atoms with Crippen molar-refractivity contribution in [2.45, 2.75) is 72.1 Å². The van der Waals surface area contributed by atoms with Gasteiger partial charge in [0.25, 0.3) is 0 Å². The number of guanidine groups is 1. The molecule has 1 saturated heterocycles. The second kappa shape index (κ2) is 9.14. The van der Waals surface area contributed by atoms with Gasteiger partial charge in [0.1, 0.15) is 10.0 Å². The summed E-state index contributed by atoms with van der Waals surface area (Å²) in [6.07, 6.45) is 2.77. The van der Waals surface area contributed by atoms with Crippen molar-refractivity contribution in [2.24, 2.45) is 16.3 Å². The first-order chi connectivity index (χ1) is 11.9. The van der Waals surface area contributed by atoms with Crippen LogP contribution in [-0.4, -0.2) is 41.5 Å². The zero-order valence-corrected chi connectivity index (χ0v) is 19.6. The van der Waals surface area contributed by atoms with Crippen LogP contribution in [0, 0.1) is 11.3 Å². The predicted molar refractivity (Wildman–Crippen MR) is 117 cm³/mol. The Morgan fingerprint density at radius 3 is 2.81 bits per heavy atom. The van der Waals surface area contributed by atoms with Gasteiger partial charge in [0.15, 0.2) is 5.96 Å². The Bertz CT molecular complexity index is 618. The number of nitrogens with zero attached hydrogens (tertiary/aromatic N) is 3. The molecule has 3 atom stereocenters. The Morgan fingerprint density at radius 2 is 2.15 bits per heavy atom. The zero-order chi connectivity index (χ0) is 18.0. The van der Waals surface area contributed by atoms with Gasteiger partial charge in [-0.15, -0.1) is 34.2 Å². The maximum atomic E-state index is 6.00. The van der Waals surface area contributed by atoms with Crippen LogP contribution in [0.5, 0.6) is 0 Å². The standard InChI is InChI=1S/C18H31N5OS.HI/c1-6-19-17(20-10-13-22-23-16(25-13)11(2)3)21-14-12-8-7-9-24-15(12)18(14,4)5;/h11-12,14-15H,6-10H2,1-5H3,(H2,19,20,21);1H. The van der Waals surface area contributed by atoms with E-state index in [4.69, 9.17) is 9.73 Å². The van der Waals surface area contributed by atoms with Crippen LogP contribution >= 0.6 is 35.3 Å². The average Bonchev–Trinajstić information content (AvgIpc) is 3.06. The molecule has 1 aliphatic heterocycles. The van der Waals surface area contributed by atoms with Gasteiger partial charge in [-0.05, 0) is 19.8 Å². The minimum Gasteiger partial charge on any atom is -0.377 e. The van der Waals surface area contributed by atoms with Gasteiger partial charge in [0.05, 0.1) is 12.6 Å². The number of nitrogens with one attached hydrogen (secondary N) is 2. The number of aliphatic imine (C=N–C) groups is 1. The smallest absolute Gasteiger partial charge is 0.191 e. The summed E-state index contributed by atoms with van der Waals surface area (Å²) in [5.41, 5.74) is 0.134. The Morgan fingerprint density at radius 1 is 1.38 bits per heavy atom. The lowest BCUT2D eigenvalue weighted by atomic mass is 9.55. The molecular formula is C18H32IN5OS. The van der Waals surface area contributed by atoms with E-state index in [1.165, 1.54) is 6.42 Å². The van der Waals surface area contributed by atoms with Gasteiger partial charge in [-0.25, -0.2) is 4.99 Å². The van der Waals surface area contributed by atoms with E-state index in [1.54, 1.807) is 11.3 Å². The topological polar surface area (TPSA) is 71.4 Å². The maximum absolute atomic E-state index is 6.00. The highest BCUT2D eigenvalue weighted by Gasteiger charge is 2.58. The van der Waals surface area contributed by atoms with Crippen molar-refractivity contribution >= 4 is 41.3 Å². The van der Waals surface area contributed by atoms with Gasteiger partial charge in [0.2, 0.25) is 0 Å². The second-order valence-corrected chi connectivity index (χ2v) is 9.02. The first-order valence-electron chi connectivity index (χ1n) is 9.42. The van der Waals surface area contributed by atoms with Gasteiger partial charge < -0.3 is 15.4 Å². The number of hydrogen-bond acceptors (Lipinski definition) is 5. The van der Waals surface area contributed by atoms with E-state index in [2.05, 4.69) is 55.4 Å². The molecule has 0 spiro atoms. The third-order valence-electron chi connectivity index (χ3n) is 5.32. The third kappa shape index (κ3) is 4.49. The molecule has 0 bridgehead atoms. The van der Waals surface area contributed by atoms with Crippen molar-refractivity contribution in [1.29, 1.82) is 0 Å². The summed E-state index contributed by atoms with van der Waals surface area (Å²) in [6.45, 7) is 13.3. The van der Waals surface area contributed by atoms with Crippen LogP contribution in [0.4, 0.5) is 0 Å². The van der Waals surface area contributed by atoms with Crippen molar-refractivity contribution in [3.8, 4) is 0 Å². The van der Waals surface area contributed by atoms with Crippen LogP contribution in [0.25, 0.3) is 0 Å². The molecule has 0 radical (unpaired) electrons. The van der Waals surface area contributed by atoms with E-state index >= 15 is 0 Å². The van der Waals surface area contributed by atoms with E-state index in [9.17, 15) is 0 Å². The first kappa shape index (κ1) is 21.8. The molecule has 6 nitrogen and oxygen atoms in total. The summed E-state index contributed by atoms with van der Waals surface area (Å²) >= 11 is 1.65. The van der Waals surface area contributed by atoms with Crippen molar-refractivity contribution < 1.29 is 4.74 Å². The molecule has 2 fully saturated rings. The quantitative estimate of drug-likeness (QED) is 0.373. The number of rotatable bonds is 5. The van der Waals surface area contributed by atoms with Crippen LogP contribution in [-0.2, 0) is 11.3 Å². The Hall–Kier alpha value is -0.480. The predicted octanol–water partition coefficient (Wildman–Crippen LogP) is 3.54. The number of ether oxygens (including phenoxy) is 1. The molecule has 1 aromatic rings. The fourth-order valence-corrected chi connectivity index (χ4v) is 4.76. The highest BCUT2D eigenvalue weighted by atomic mass is 127. The largest absolute Gasteiger partial charge is 0.377 e. The van der Waals surface area contributed by atoms with Gasteiger partial charge in [0, 0.05) is 36.4 Å². The first-order valence-corrected chi connectivity index (χ1v) is 10.2. The highest BCUT2D eigenvalue weighted by molar-refractivity contribution is 14.0. The second-order valence-electron chi connectivity index (χ2n) is 7.92. The maximum Gasteiger partial charge on any atom is 0.191 e. The normalized spacial score (nSPS) is 27.3. The number of halogens is 1. The summed E-state index contributed by atoms with van der Waals surface area (Å²) in [7, 11) is 0. The summed E-state index contributed by atoms with van der Waals surface area (Å²) in [4.78, 5) is 4.74. The SMILES string of the molecule is CCNC(=NCc1nnc(C(C)C)s1)NC1C2CCCOC2C1(C)C.I. The molecule has 1 aromatic heterocycles. The van der Waals surface area contributed by atoms with E-state index in [0.29, 0.717) is 30.5 Å². The number of fused-ring (bicyclic) bond motifs is 1. The van der Waals surface area contributed by atoms with Crippen molar-refractivity contribution in [2.75, 3.05) is 13.2 Å². The molecule has 8 heteroatoms. The summed E-state index contributed by atoms with van der Waals surface area (Å²) in [5, 5.41) is 17.6. The lowest BCUT2D eigenvalue weighted by Gasteiger charge is -2.60. The van der Waals surface area contributed by atoms with Gasteiger partial charge in [-0.1, -0.05) is 39.0 Å². The molecular weight excluding hydrogens is 461 g/mol. The minimum absolute atomic E-state index is 0. The van der Waals surface area contributed by atoms with Crippen molar-refractivity contribution in [3.63, 3.8) is 0 Å². The summed E-state index contributed by atoms with van der Waals surface area (Å²) < 4.78 is 6.00.